The Balaban J connectivity index is 3.21. The molecule has 0 aliphatic carbocycles. The third kappa shape index (κ3) is 9.76. The summed E-state index contributed by atoms with van der Waals surface area (Å²) in [6.07, 6.45) is -3.43. The Morgan fingerprint density at radius 3 is 2.57 bits per heavy atom. The van der Waals surface area contributed by atoms with Crippen LogP contribution in [0, 0.1) is 0 Å². The van der Waals surface area contributed by atoms with Crippen molar-refractivity contribution in [3.8, 4) is 0 Å². The molecule has 1 unspecified atom stereocenters. The van der Waals surface area contributed by atoms with Crippen LogP contribution in [0.15, 0.2) is 0 Å². The molecule has 3 N–H and O–H groups in total. The fourth-order valence-electron chi connectivity index (χ4n) is 0.917. The number of hydrogen-bond donors (Lipinski definition) is 2. The summed E-state index contributed by atoms with van der Waals surface area (Å²) in [7, 11) is 0. The summed E-state index contributed by atoms with van der Waals surface area (Å²) in [5.41, 5.74) is 5.30. The third-order valence-corrected chi connectivity index (χ3v) is 1.60. The molecule has 0 amide bonds. The summed E-state index contributed by atoms with van der Waals surface area (Å²) in [5, 5.41) is 3.00. The Kier molecular flexibility index (Phi) is 6.86. The largest absolute Gasteiger partial charge is 0.411 e. The molecule has 3 nitrogen and oxygen atoms in total. The van der Waals surface area contributed by atoms with Gasteiger partial charge in [0.25, 0.3) is 0 Å². The standard InChI is InChI=1S/C8H17F3N2O/c1-7(2-3-12)13-4-5-14-6-8(9,10)11/h7,13H,2-6,12H2,1H3. The first-order valence-corrected chi connectivity index (χ1v) is 4.53. The second-order valence-corrected chi connectivity index (χ2v) is 3.10. The molecule has 0 fully saturated rings. The van der Waals surface area contributed by atoms with Gasteiger partial charge in [-0.1, -0.05) is 0 Å². The average molecular weight is 214 g/mol. The van der Waals surface area contributed by atoms with Crippen LogP contribution in [0.1, 0.15) is 13.3 Å². The Morgan fingerprint density at radius 2 is 2.07 bits per heavy atom. The van der Waals surface area contributed by atoms with Gasteiger partial charge >= 0.3 is 6.18 Å². The van der Waals surface area contributed by atoms with Crippen molar-refractivity contribution in [2.45, 2.75) is 25.6 Å². The van der Waals surface area contributed by atoms with Gasteiger partial charge < -0.3 is 15.8 Å². The molecule has 14 heavy (non-hydrogen) atoms. The summed E-state index contributed by atoms with van der Waals surface area (Å²) in [6.45, 7) is 1.79. The molecule has 0 bridgehead atoms. The summed E-state index contributed by atoms with van der Waals surface area (Å²) in [5.74, 6) is 0. The Bertz CT molecular complexity index is 141. The highest BCUT2D eigenvalue weighted by molar-refractivity contribution is 4.60. The van der Waals surface area contributed by atoms with Gasteiger partial charge in [-0.2, -0.15) is 13.2 Å². The summed E-state index contributed by atoms with van der Waals surface area (Å²) >= 11 is 0. The maximum Gasteiger partial charge on any atom is 0.411 e. The van der Waals surface area contributed by atoms with Crippen LogP contribution in [-0.4, -0.2) is 38.5 Å². The number of halogens is 3. The quantitative estimate of drug-likeness (QED) is 0.619. The highest BCUT2D eigenvalue weighted by atomic mass is 19.4. The molecule has 0 rings (SSSR count). The molecule has 0 aromatic carbocycles. The van der Waals surface area contributed by atoms with E-state index in [1.54, 1.807) is 0 Å². The van der Waals surface area contributed by atoms with Crippen LogP contribution in [0.3, 0.4) is 0 Å². The van der Waals surface area contributed by atoms with E-state index in [1.165, 1.54) is 0 Å². The molecule has 0 saturated heterocycles. The molecule has 86 valence electrons. The minimum absolute atomic E-state index is 0.0639. The number of nitrogens with one attached hydrogen (secondary N) is 1. The van der Waals surface area contributed by atoms with E-state index in [4.69, 9.17) is 5.73 Å². The Morgan fingerprint density at radius 1 is 1.43 bits per heavy atom. The van der Waals surface area contributed by atoms with Crippen LogP contribution in [0.5, 0.6) is 0 Å². The van der Waals surface area contributed by atoms with Crippen molar-refractivity contribution < 1.29 is 17.9 Å². The fraction of sp³-hybridized carbons (Fsp3) is 1.00. The van der Waals surface area contributed by atoms with Crippen LogP contribution in [0.4, 0.5) is 13.2 Å². The smallest absolute Gasteiger partial charge is 0.371 e. The van der Waals surface area contributed by atoms with Gasteiger partial charge in [0.05, 0.1) is 6.61 Å². The van der Waals surface area contributed by atoms with E-state index in [-0.39, 0.29) is 12.6 Å². The van der Waals surface area contributed by atoms with Gasteiger partial charge in [0.2, 0.25) is 0 Å². The highest BCUT2D eigenvalue weighted by Crippen LogP contribution is 2.13. The first-order chi connectivity index (χ1) is 6.45. The third-order valence-electron chi connectivity index (χ3n) is 1.60. The van der Waals surface area contributed by atoms with E-state index < -0.39 is 12.8 Å². The van der Waals surface area contributed by atoms with Gasteiger partial charge in [0, 0.05) is 12.6 Å². The summed E-state index contributed by atoms with van der Waals surface area (Å²) in [4.78, 5) is 0. The molecule has 0 spiro atoms. The van der Waals surface area contributed by atoms with E-state index >= 15 is 0 Å². The van der Waals surface area contributed by atoms with Crippen LogP contribution in [-0.2, 0) is 4.74 Å². The molecule has 0 radical (unpaired) electrons. The van der Waals surface area contributed by atoms with Gasteiger partial charge in [0.1, 0.15) is 6.61 Å². The van der Waals surface area contributed by atoms with Crippen molar-refractivity contribution >= 4 is 0 Å². The van der Waals surface area contributed by atoms with Crippen LogP contribution in [0.2, 0.25) is 0 Å². The maximum absolute atomic E-state index is 11.6. The zero-order valence-corrected chi connectivity index (χ0v) is 8.23. The van der Waals surface area contributed by atoms with Crippen molar-refractivity contribution in [3.63, 3.8) is 0 Å². The fourth-order valence-corrected chi connectivity index (χ4v) is 0.917. The number of hydrogen-bond acceptors (Lipinski definition) is 3. The van der Waals surface area contributed by atoms with Crippen molar-refractivity contribution in [2.75, 3.05) is 26.3 Å². The monoisotopic (exact) mass is 214 g/mol. The Labute approximate surface area is 81.8 Å². The van der Waals surface area contributed by atoms with Crippen molar-refractivity contribution in [2.24, 2.45) is 5.73 Å². The summed E-state index contributed by atoms with van der Waals surface area (Å²) in [6, 6.07) is 0.217. The average Bonchev–Trinajstić information content (AvgIpc) is 2.02. The van der Waals surface area contributed by atoms with Crippen molar-refractivity contribution in [1.82, 2.24) is 5.32 Å². The van der Waals surface area contributed by atoms with E-state index in [0.29, 0.717) is 13.1 Å². The van der Waals surface area contributed by atoms with Crippen LogP contribution in [0.25, 0.3) is 0 Å². The molecule has 1 atom stereocenters. The molecule has 0 aromatic heterocycles. The lowest BCUT2D eigenvalue weighted by atomic mass is 10.2. The molecular weight excluding hydrogens is 197 g/mol. The zero-order valence-electron chi connectivity index (χ0n) is 8.23. The van der Waals surface area contributed by atoms with Gasteiger partial charge in [-0.3, -0.25) is 0 Å². The number of ether oxygens (including phenoxy) is 1. The topological polar surface area (TPSA) is 47.3 Å². The molecule has 0 heterocycles. The van der Waals surface area contributed by atoms with Crippen molar-refractivity contribution in [1.29, 1.82) is 0 Å². The second-order valence-electron chi connectivity index (χ2n) is 3.10. The van der Waals surface area contributed by atoms with E-state index in [1.807, 2.05) is 6.92 Å². The lowest BCUT2D eigenvalue weighted by Crippen LogP contribution is -2.32. The van der Waals surface area contributed by atoms with Gasteiger partial charge in [0.15, 0.2) is 0 Å². The van der Waals surface area contributed by atoms with Crippen LogP contribution < -0.4 is 11.1 Å². The van der Waals surface area contributed by atoms with Crippen LogP contribution >= 0.6 is 0 Å². The molecule has 0 aliphatic heterocycles. The number of nitrogens with two attached hydrogens (primary N) is 1. The summed E-state index contributed by atoms with van der Waals surface area (Å²) < 4.78 is 39.2. The zero-order chi connectivity index (χ0) is 11.0. The SMILES string of the molecule is CC(CCN)NCCOCC(F)(F)F. The molecule has 0 saturated carbocycles. The maximum atomic E-state index is 11.6. The minimum atomic E-state index is -4.23. The normalized spacial score (nSPS) is 14.4. The first-order valence-electron chi connectivity index (χ1n) is 4.53. The van der Waals surface area contributed by atoms with E-state index in [0.717, 1.165) is 6.42 Å². The first kappa shape index (κ1) is 13.7. The highest BCUT2D eigenvalue weighted by Gasteiger charge is 2.27. The van der Waals surface area contributed by atoms with Gasteiger partial charge in [-0.25, -0.2) is 0 Å². The molecule has 0 aromatic rings. The number of alkyl halides is 3. The predicted octanol–water partition coefficient (Wildman–Crippen LogP) is 0.892. The second kappa shape index (κ2) is 7.03. The van der Waals surface area contributed by atoms with E-state index in [9.17, 15) is 13.2 Å². The minimum Gasteiger partial charge on any atom is -0.371 e. The lowest BCUT2D eigenvalue weighted by molar-refractivity contribution is -0.173. The molecular formula is C8H17F3N2O. The van der Waals surface area contributed by atoms with E-state index in [2.05, 4.69) is 10.1 Å². The predicted molar refractivity (Wildman–Crippen MR) is 48.0 cm³/mol. The van der Waals surface area contributed by atoms with Gasteiger partial charge in [-0.05, 0) is 19.9 Å². The molecule has 6 heteroatoms. The number of rotatable bonds is 7. The van der Waals surface area contributed by atoms with Gasteiger partial charge in [-0.15, -0.1) is 0 Å². The Hall–Kier alpha value is -0.330. The van der Waals surface area contributed by atoms with Crippen molar-refractivity contribution in [3.05, 3.63) is 0 Å². The lowest BCUT2D eigenvalue weighted by Gasteiger charge is -2.13. The molecule has 0 aliphatic rings.